The van der Waals surface area contributed by atoms with Crippen molar-refractivity contribution in [3.05, 3.63) is 28.5 Å². The van der Waals surface area contributed by atoms with Crippen LogP contribution in [-0.4, -0.2) is 17.3 Å². The van der Waals surface area contributed by atoms with Crippen LogP contribution in [0.15, 0.2) is 22.7 Å². The summed E-state index contributed by atoms with van der Waals surface area (Å²) in [6.07, 6.45) is 7.26. The van der Waals surface area contributed by atoms with Gasteiger partial charge >= 0.3 is 0 Å². The molecule has 20 heavy (non-hydrogen) atoms. The zero-order chi connectivity index (χ0) is 14.2. The molecule has 4 heteroatoms. The van der Waals surface area contributed by atoms with Gasteiger partial charge in [-0.15, -0.1) is 0 Å². The number of hydrogen-bond acceptors (Lipinski definition) is 2. The maximum absolute atomic E-state index is 13.4. The van der Waals surface area contributed by atoms with Crippen molar-refractivity contribution in [2.45, 2.75) is 57.2 Å². The molecule has 0 heterocycles. The number of benzene rings is 1. The van der Waals surface area contributed by atoms with Gasteiger partial charge in [-0.25, -0.2) is 4.39 Å². The van der Waals surface area contributed by atoms with E-state index in [1.807, 2.05) is 0 Å². The first-order valence-corrected chi connectivity index (χ1v) is 8.20. The van der Waals surface area contributed by atoms with E-state index in [4.69, 9.17) is 4.74 Å². The van der Waals surface area contributed by atoms with E-state index in [9.17, 15) is 9.50 Å². The highest BCUT2D eigenvalue weighted by Crippen LogP contribution is 2.52. The minimum absolute atomic E-state index is 0.0179. The fourth-order valence-corrected chi connectivity index (χ4v) is 4.14. The zero-order valence-electron chi connectivity index (χ0n) is 11.4. The van der Waals surface area contributed by atoms with E-state index in [0.29, 0.717) is 16.6 Å². The number of aliphatic hydroxyl groups excluding tert-OH is 1. The Labute approximate surface area is 127 Å². The number of hydrogen-bond donors (Lipinski definition) is 1. The molecule has 2 aliphatic rings. The van der Waals surface area contributed by atoms with Gasteiger partial charge in [-0.2, -0.15) is 0 Å². The molecule has 110 valence electrons. The van der Waals surface area contributed by atoms with Gasteiger partial charge in [0, 0.05) is 22.4 Å². The lowest BCUT2D eigenvalue weighted by Crippen LogP contribution is -2.59. The third-order valence-corrected chi connectivity index (χ3v) is 5.35. The molecule has 0 saturated heterocycles. The molecule has 1 aromatic carbocycles. The molecule has 2 atom stereocenters. The minimum Gasteiger partial charge on any atom is -0.490 e. The van der Waals surface area contributed by atoms with Crippen LogP contribution in [0.1, 0.15) is 44.9 Å². The Kier molecular flexibility index (Phi) is 4.04. The van der Waals surface area contributed by atoms with Crippen LogP contribution in [0.3, 0.4) is 0 Å². The van der Waals surface area contributed by atoms with Crippen LogP contribution in [0.2, 0.25) is 0 Å². The van der Waals surface area contributed by atoms with Gasteiger partial charge in [0.2, 0.25) is 0 Å². The van der Waals surface area contributed by atoms with Crippen molar-refractivity contribution < 1.29 is 14.2 Å². The summed E-state index contributed by atoms with van der Waals surface area (Å²) in [5, 5.41) is 10.2. The Bertz CT molecular complexity index is 463. The van der Waals surface area contributed by atoms with Crippen LogP contribution in [0.25, 0.3) is 0 Å². The van der Waals surface area contributed by atoms with Crippen LogP contribution < -0.4 is 4.74 Å². The smallest absolute Gasteiger partial charge is 0.128 e. The van der Waals surface area contributed by atoms with E-state index >= 15 is 0 Å². The highest BCUT2D eigenvalue weighted by atomic mass is 79.9. The molecule has 2 saturated carbocycles. The molecule has 1 aromatic rings. The van der Waals surface area contributed by atoms with Crippen molar-refractivity contribution in [2.24, 2.45) is 5.41 Å². The quantitative estimate of drug-likeness (QED) is 0.860. The van der Waals surface area contributed by atoms with Crippen molar-refractivity contribution in [3.8, 4) is 5.75 Å². The molecule has 2 fully saturated rings. The Balaban J connectivity index is 1.76. The fraction of sp³-hybridized carbons (Fsp3) is 0.625. The first kappa shape index (κ1) is 14.3. The summed E-state index contributed by atoms with van der Waals surface area (Å²) < 4.78 is 20.1. The lowest BCUT2D eigenvalue weighted by Gasteiger charge is -2.53. The molecule has 0 amide bonds. The molecule has 2 aliphatic carbocycles. The van der Waals surface area contributed by atoms with Crippen molar-refractivity contribution in [3.63, 3.8) is 0 Å². The van der Waals surface area contributed by atoms with Gasteiger partial charge in [-0.05, 0) is 25.0 Å². The SMILES string of the molecule is OC1CC(Oc2cc(F)cc(Br)c2)C12CCCCCC2. The van der Waals surface area contributed by atoms with Crippen LogP contribution >= 0.6 is 15.9 Å². The molecule has 0 aromatic heterocycles. The lowest BCUT2D eigenvalue weighted by molar-refractivity contribution is -0.163. The first-order valence-electron chi connectivity index (χ1n) is 7.41. The highest BCUT2D eigenvalue weighted by molar-refractivity contribution is 9.10. The van der Waals surface area contributed by atoms with Crippen LogP contribution in [-0.2, 0) is 0 Å². The van der Waals surface area contributed by atoms with Crippen LogP contribution in [0, 0.1) is 11.2 Å². The predicted molar refractivity (Wildman–Crippen MR) is 79.3 cm³/mol. The Morgan fingerprint density at radius 2 is 1.85 bits per heavy atom. The molecule has 1 N–H and O–H groups in total. The maximum atomic E-state index is 13.4. The second kappa shape index (κ2) is 5.64. The second-order valence-corrected chi connectivity index (χ2v) is 7.03. The van der Waals surface area contributed by atoms with Crippen molar-refractivity contribution >= 4 is 15.9 Å². The van der Waals surface area contributed by atoms with Gasteiger partial charge in [-0.1, -0.05) is 41.6 Å². The summed E-state index contributed by atoms with van der Waals surface area (Å²) in [6.45, 7) is 0. The first-order chi connectivity index (χ1) is 9.60. The average Bonchev–Trinajstić information content (AvgIpc) is 2.65. The topological polar surface area (TPSA) is 29.5 Å². The van der Waals surface area contributed by atoms with Crippen molar-refractivity contribution in [1.82, 2.24) is 0 Å². The summed E-state index contributed by atoms with van der Waals surface area (Å²) in [5.41, 5.74) is -0.102. The lowest BCUT2D eigenvalue weighted by atomic mass is 9.59. The number of rotatable bonds is 2. The van der Waals surface area contributed by atoms with Gasteiger partial charge in [0.05, 0.1) is 6.10 Å². The highest BCUT2D eigenvalue weighted by Gasteiger charge is 2.55. The van der Waals surface area contributed by atoms with E-state index in [2.05, 4.69) is 15.9 Å². The molecule has 3 rings (SSSR count). The van der Waals surface area contributed by atoms with Gasteiger partial charge in [0.1, 0.15) is 17.7 Å². The van der Waals surface area contributed by atoms with E-state index < -0.39 is 0 Å². The van der Waals surface area contributed by atoms with Gasteiger partial charge in [0.15, 0.2) is 0 Å². The molecular formula is C16H20BrFO2. The van der Waals surface area contributed by atoms with Gasteiger partial charge in [0.25, 0.3) is 0 Å². The van der Waals surface area contributed by atoms with E-state index in [0.717, 1.165) is 25.7 Å². The van der Waals surface area contributed by atoms with E-state index in [1.165, 1.54) is 25.0 Å². The third kappa shape index (κ3) is 2.60. The average molecular weight is 343 g/mol. The number of ether oxygens (including phenoxy) is 1. The molecule has 2 nitrogen and oxygen atoms in total. The van der Waals surface area contributed by atoms with Crippen LogP contribution in [0.5, 0.6) is 5.75 Å². The Morgan fingerprint density at radius 3 is 2.45 bits per heavy atom. The maximum Gasteiger partial charge on any atom is 0.128 e. The number of aliphatic hydroxyl groups is 1. The normalized spacial score (nSPS) is 28.8. The summed E-state index contributed by atoms with van der Waals surface area (Å²) >= 11 is 3.29. The molecule has 0 radical (unpaired) electrons. The molecular weight excluding hydrogens is 323 g/mol. The monoisotopic (exact) mass is 342 g/mol. The predicted octanol–water partition coefficient (Wildman–Crippen LogP) is 4.44. The Hall–Kier alpha value is -0.610. The van der Waals surface area contributed by atoms with Crippen LogP contribution in [0.4, 0.5) is 4.39 Å². The summed E-state index contributed by atoms with van der Waals surface area (Å²) in [7, 11) is 0. The van der Waals surface area contributed by atoms with Crippen molar-refractivity contribution in [2.75, 3.05) is 0 Å². The van der Waals surface area contributed by atoms with Gasteiger partial charge in [-0.3, -0.25) is 0 Å². The number of halogens is 2. The van der Waals surface area contributed by atoms with E-state index in [1.54, 1.807) is 6.07 Å². The zero-order valence-corrected chi connectivity index (χ0v) is 13.0. The largest absolute Gasteiger partial charge is 0.490 e. The minimum atomic E-state index is -0.302. The molecule has 2 unspecified atom stereocenters. The summed E-state index contributed by atoms with van der Waals surface area (Å²) in [4.78, 5) is 0. The van der Waals surface area contributed by atoms with E-state index in [-0.39, 0.29) is 23.4 Å². The standard InChI is InChI=1S/C16H20BrFO2/c17-11-7-12(18)9-13(8-11)20-15-10-14(19)16(15)5-3-1-2-4-6-16/h7-9,14-15,19H,1-6,10H2. The second-order valence-electron chi connectivity index (χ2n) is 6.11. The Morgan fingerprint density at radius 1 is 1.15 bits per heavy atom. The molecule has 0 bridgehead atoms. The van der Waals surface area contributed by atoms with Gasteiger partial charge < -0.3 is 9.84 Å². The summed E-state index contributed by atoms with van der Waals surface area (Å²) in [6, 6.07) is 4.63. The molecule has 1 spiro atoms. The third-order valence-electron chi connectivity index (χ3n) is 4.89. The molecule has 0 aliphatic heterocycles. The van der Waals surface area contributed by atoms with Crippen molar-refractivity contribution in [1.29, 1.82) is 0 Å². The summed E-state index contributed by atoms with van der Waals surface area (Å²) in [5.74, 6) is 0.251. The fourth-order valence-electron chi connectivity index (χ4n) is 3.69.